The van der Waals surface area contributed by atoms with Crippen LogP contribution in [0.2, 0.25) is 0 Å². The van der Waals surface area contributed by atoms with Crippen LogP contribution < -0.4 is 0 Å². The van der Waals surface area contributed by atoms with Crippen LogP contribution in [0.1, 0.15) is 28.6 Å². The summed E-state index contributed by atoms with van der Waals surface area (Å²) in [6, 6.07) is 13.3. The number of hydrogen-bond acceptors (Lipinski definition) is 3. The van der Waals surface area contributed by atoms with Gasteiger partial charge in [-0.2, -0.15) is 0 Å². The molecule has 0 fully saturated rings. The van der Waals surface area contributed by atoms with Crippen molar-refractivity contribution in [2.75, 3.05) is 0 Å². The first kappa shape index (κ1) is 16.5. The maximum atomic E-state index is 12.4. The van der Waals surface area contributed by atoms with E-state index in [1.165, 1.54) is 14.0 Å². The van der Waals surface area contributed by atoms with Gasteiger partial charge in [-0.1, -0.05) is 36.4 Å². The zero-order valence-corrected chi connectivity index (χ0v) is 15.8. The van der Waals surface area contributed by atoms with Gasteiger partial charge in [-0.25, -0.2) is 4.79 Å². The van der Waals surface area contributed by atoms with Crippen LogP contribution in [-0.4, -0.2) is 12.1 Å². The molecule has 3 rings (SSSR count). The molecule has 0 radical (unpaired) electrons. The minimum atomic E-state index is -0.265. The van der Waals surface area contributed by atoms with E-state index >= 15 is 0 Å². The zero-order chi connectivity index (χ0) is 16.4. The van der Waals surface area contributed by atoms with Gasteiger partial charge in [0.1, 0.15) is 6.10 Å². The van der Waals surface area contributed by atoms with Gasteiger partial charge in [0.15, 0.2) is 0 Å². The number of hydrogen-bond donors (Lipinski definition) is 0. The molecule has 0 saturated heterocycles. The molecule has 1 heterocycles. The molecule has 4 heteroatoms. The molecule has 2 nitrogen and oxygen atoms in total. The average Bonchev–Trinajstić information content (AvgIpc) is 3.15. The smallest absolute Gasteiger partial charge is 0.338 e. The normalized spacial score (nSPS) is 20.6. The first-order chi connectivity index (χ1) is 11.1. The molecule has 0 N–H and O–H groups in total. The molecule has 0 unspecified atom stereocenters. The monoisotopic (exact) mass is 436 g/mol. The molecule has 2 atom stereocenters. The molecule has 0 bridgehead atoms. The molecular weight excluding hydrogens is 419 g/mol. The number of carbonyl (C=O) groups excluding carboxylic acids is 1. The Kier molecular flexibility index (Phi) is 5.02. The highest BCUT2D eigenvalue weighted by molar-refractivity contribution is 14.1. The Morgan fingerprint density at radius 2 is 2.00 bits per heavy atom. The fourth-order valence-electron chi connectivity index (χ4n) is 2.93. The summed E-state index contributed by atoms with van der Waals surface area (Å²) in [5.74, 6) is -0.202. The van der Waals surface area contributed by atoms with Crippen molar-refractivity contribution in [3.05, 3.63) is 74.0 Å². The van der Waals surface area contributed by atoms with Gasteiger partial charge in [-0.15, -0.1) is 11.3 Å². The first-order valence-electron chi connectivity index (χ1n) is 7.41. The average molecular weight is 436 g/mol. The second kappa shape index (κ2) is 7.01. The lowest BCUT2D eigenvalue weighted by atomic mass is 9.91. The van der Waals surface area contributed by atoms with Crippen molar-refractivity contribution in [3.8, 4) is 0 Å². The van der Waals surface area contributed by atoms with Crippen molar-refractivity contribution in [1.82, 2.24) is 0 Å². The van der Waals surface area contributed by atoms with Gasteiger partial charge in [-0.3, -0.25) is 0 Å². The van der Waals surface area contributed by atoms with Crippen molar-refractivity contribution in [2.45, 2.75) is 19.4 Å². The minimum absolute atomic E-state index is 0.0632. The second-order valence-electron chi connectivity index (χ2n) is 5.63. The van der Waals surface area contributed by atoms with E-state index in [4.69, 9.17) is 4.74 Å². The van der Waals surface area contributed by atoms with E-state index in [-0.39, 0.29) is 18.0 Å². The number of ether oxygens (including phenoxy) is 1. The zero-order valence-electron chi connectivity index (χ0n) is 12.8. The molecule has 1 aromatic heterocycles. The van der Waals surface area contributed by atoms with Crippen molar-refractivity contribution in [3.63, 3.8) is 0 Å². The molecule has 0 amide bonds. The van der Waals surface area contributed by atoms with E-state index < -0.39 is 0 Å². The minimum Gasteiger partial charge on any atom is -0.457 e. The number of thiophene rings is 1. The quantitative estimate of drug-likeness (QED) is 0.348. The predicted octanol–water partition coefficient (Wildman–Crippen LogP) is 5.72. The predicted molar refractivity (Wildman–Crippen MR) is 104 cm³/mol. The van der Waals surface area contributed by atoms with Crippen LogP contribution in [0.4, 0.5) is 0 Å². The van der Waals surface area contributed by atoms with Crippen molar-refractivity contribution in [1.29, 1.82) is 0 Å². The lowest BCUT2D eigenvalue weighted by Gasteiger charge is -2.23. The molecular formula is C19H17IO2S. The maximum absolute atomic E-state index is 12.4. The van der Waals surface area contributed by atoms with Gasteiger partial charge < -0.3 is 4.74 Å². The van der Waals surface area contributed by atoms with Crippen LogP contribution in [0.15, 0.2) is 63.6 Å². The van der Waals surface area contributed by atoms with E-state index in [9.17, 15) is 4.79 Å². The van der Waals surface area contributed by atoms with Crippen LogP contribution in [-0.2, 0) is 4.74 Å². The van der Waals surface area contributed by atoms with Gasteiger partial charge in [0.05, 0.1) is 5.56 Å². The Morgan fingerprint density at radius 1 is 1.26 bits per heavy atom. The summed E-state index contributed by atoms with van der Waals surface area (Å²) in [5.41, 5.74) is 2.89. The Labute approximate surface area is 154 Å². The topological polar surface area (TPSA) is 26.3 Å². The Balaban J connectivity index is 1.84. The lowest BCUT2D eigenvalue weighted by molar-refractivity contribution is 0.0269. The number of benzene rings is 1. The number of esters is 1. The summed E-state index contributed by atoms with van der Waals surface area (Å²) in [6.07, 6.45) is 0.577. The van der Waals surface area contributed by atoms with Gasteiger partial charge >= 0.3 is 5.97 Å². The molecule has 1 aromatic carbocycles. The molecule has 0 spiro atoms. The maximum Gasteiger partial charge on any atom is 0.338 e. The summed E-state index contributed by atoms with van der Waals surface area (Å²) in [7, 11) is 0. The number of rotatable bonds is 4. The Hall–Kier alpha value is -1.40. The molecule has 2 aromatic rings. The van der Waals surface area contributed by atoms with Crippen LogP contribution >= 0.6 is 33.9 Å². The van der Waals surface area contributed by atoms with Crippen LogP contribution in [0.5, 0.6) is 0 Å². The Morgan fingerprint density at radius 3 is 2.61 bits per heavy atom. The fraction of sp³-hybridized carbons (Fsp3) is 0.211. The molecule has 1 aliphatic rings. The summed E-state index contributed by atoms with van der Waals surface area (Å²) in [5, 5.41) is 2.07. The molecule has 23 heavy (non-hydrogen) atoms. The van der Waals surface area contributed by atoms with Crippen molar-refractivity contribution < 1.29 is 9.53 Å². The van der Waals surface area contributed by atoms with E-state index in [0.29, 0.717) is 5.56 Å². The lowest BCUT2D eigenvalue weighted by Crippen LogP contribution is -2.24. The van der Waals surface area contributed by atoms with Gasteiger partial charge in [0.25, 0.3) is 0 Å². The third-order valence-electron chi connectivity index (χ3n) is 3.94. The highest BCUT2D eigenvalue weighted by Crippen LogP contribution is 2.47. The highest BCUT2D eigenvalue weighted by Gasteiger charge is 2.38. The van der Waals surface area contributed by atoms with Gasteiger partial charge in [-0.05, 0) is 62.2 Å². The third-order valence-corrected chi connectivity index (χ3v) is 5.87. The summed E-state index contributed by atoms with van der Waals surface area (Å²) >= 11 is 4.09. The van der Waals surface area contributed by atoms with Crippen LogP contribution in [0.3, 0.4) is 0 Å². The SMILES string of the molecule is C=C(C)[C@@H]1C(c2cccs2)=C(I)C[C@H]1OC(=O)c1ccccc1. The van der Waals surface area contributed by atoms with E-state index in [1.54, 1.807) is 23.5 Å². The van der Waals surface area contributed by atoms with Gasteiger partial charge in [0, 0.05) is 17.2 Å². The van der Waals surface area contributed by atoms with E-state index in [0.717, 1.165) is 12.0 Å². The van der Waals surface area contributed by atoms with E-state index in [1.807, 2.05) is 25.1 Å². The number of halogens is 1. The molecule has 0 aliphatic heterocycles. The highest BCUT2D eigenvalue weighted by atomic mass is 127. The largest absolute Gasteiger partial charge is 0.457 e. The van der Waals surface area contributed by atoms with Crippen LogP contribution in [0, 0.1) is 5.92 Å². The fourth-order valence-corrected chi connectivity index (χ4v) is 5.01. The second-order valence-corrected chi connectivity index (χ2v) is 7.88. The van der Waals surface area contributed by atoms with E-state index in [2.05, 4.69) is 46.7 Å². The molecule has 1 aliphatic carbocycles. The summed E-state index contributed by atoms with van der Waals surface area (Å²) < 4.78 is 7.08. The van der Waals surface area contributed by atoms with Gasteiger partial charge in [0.2, 0.25) is 0 Å². The molecule has 0 saturated carbocycles. The van der Waals surface area contributed by atoms with Crippen molar-refractivity contribution >= 4 is 45.5 Å². The summed E-state index contributed by atoms with van der Waals surface area (Å²) in [6.45, 7) is 6.15. The Bertz CT molecular complexity index is 747. The van der Waals surface area contributed by atoms with Crippen LogP contribution in [0.25, 0.3) is 5.57 Å². The third kappa shape index (κ3) is 3.43. The standard InChI is InChI=1S/C19H17IO2S/c1-12(2)17-15(22-19(21)13-7-4-3-5-8-13)11-14(20)18(17)16-9-6-10-23-16/h3-10,15,17H,1,11H2,2H3/t15-,17+/m1/s1. The summed E-state index contributed by atoms with van der Waals surface area (Å²) in [4.78, 5) is 13.6. The number of carbonyl (C=O) groups is 1. The van der Waals surface area contributed by atoms with Crippen molar-refractivity contribution in [2.24, 2.45) is 5.92 Å². The molecule has 118 valence electrons. The first-order valence-corrected chi connectivity index (χ1v) is 9.37.